The van der Waals surface area contributed by atoms with Gasteiger partial charge in [-0.1, -0.05) is 72.1 Å². The third kappa shape index (κ3) is 7.88. The zero-order valence-corrected chi connectivity index (χ0v) is 24.9. The number of benzene rings is 3. The van der Waals surface area contributed by atoms with Gasteiger partial charge in [-0.3, -0.25) is 13.9 Å². The second kappa shape index (κ2) is 13.5. The summed E-state index contributed by atoms with van der Waals surface area (Å²) in [5.41, 5.74) is 0.805. The number of hydrogen-bond acceptors (Lipinski definition) is 4. The number of hydrogen-bond donors (Lipinski definition) is 1. The molecule has 2 unspecified atom stereocenters. The number of rotatable bonds is 11. The summed E-state index contributed by atoms with van der Waals surface area (Å²) < 4.78 is 28.5. The second-order valence-electron chi connectivity index (χ2n) is 9.06. The minimum absolute atomic E-state index is 0.0179. The van der Waals surface area contributed by atoms with Crippen LogP contribution in [0.2, 0.25) is 15.1 Å². The van der Waals surface area contributed by atoms with E-state index in [1.54, 1.807) is 49.4 Å². The number of anilines is 1. The van der Waals surface area contributed by atoms with E-state index in [-0.39, 0.29) is 34.1 Å². The smallest absolute Gasteiger partial charge is 0.264 e. The SMILES string of the molecule is CCC(C)NC(=O)C(C)N(Cc1ccc(Cl)cc1)C(=O)CN(c1ccc(Cl)cc1Cl)S(=O)(=O)c1ccccc1. The lowest BCUT2D eigenvalue weighted by Crippen LogP contribution is -2.52. The number of carbonyl (C=O) groups excluding carboxylic acids is 2. The van der Waals surface area contributed by atoms with E-state index >= 15 is 0 Å². The first-order chi connectivity index (χ1) is 18.4. The fraction of sp³-hybridized carbons (Fsp3) is 0.286. The van der Waals surface area contributed by atoms with Crippen molar-refractivity contribution in [1.29, 1.82) is 0 Å². The molecule has 0 spiro atoms. The number of sulfonamides is 1. The summed E-state index contributed by atoms with van der Waals surface area (Å²) >= 11 is 18.5. The number of carbonyl (C=O) groups is 2. The van der Waals surface area contributed by atoms with Crippen molar-refractivity contribution < 1.29 is 18.0 Å². The summed E-state index contributed by atoms with van der Waals surface area (Å²) in [6, 6.07) is 17.9. The predicted octanol–water partition coefficient (Wildman–Crippen LogP) is 6.17. The first-order valence-corrected chi connectivity index (χ1v) is 14.9. The van der Waals surface area contributed by atoms with Crippen molar-refractivity contribution in [1.82, 2.24) is 10.2 Å². The molecule has 3 rings (SSSR count). The van der Waals surface area contributed by atoms with Crippen molar-refractivity contribution in [3.63, 3.8) is 0 Å². The van der Waals surface area contributed by atoms with Crippen LogP contribution in [0, 0.1) is 0 Å². The zero-order valence-electron chi connectivity index (χ0n) is 21.8. The maximum atomic E-state index is 13.9. The van der Waals surface area contributed by atoms with Gasteiger partial charge in [-0.2, -0.15) is 0 Å². The van der Waals surface area contributed by atoms with Crippen LogP contribution in [0.25, 0.3) is 0 Å². The zero-order chi connectivity index (χ0) is 28.7. The number of nitrogens with zero attached hydrogens (tertiary/aromatic N) is 2. The van der Waals surface area contributed by atoms with E-state index in [1.807, 2.05) is 13.8 Å². The van der Waals surface area contributed by atoms with Gasteiger partial charge in [0.15, 0.2) is 0 Å². The molecule has 0 aliphatic heterocycles. The summed E-state index contributed by atoms with van der Waals surface area (Å²) in [4.78, 5) is 28.3. The van der Waals surface area contributed by atoms with Gasteiger partial charge in [0, 0.05) is 22.6 Å². The average Bonchev–Trinajstić information content (AvgIpc) is 2.91. The highest BCUT2D eigenvalue weighted by atomic mass is 35.5. The quantitative estimate of drug-likeness (QED) is 0.281. The Kier molecular flexibility index (Phi) is 10.7. The molecule has 2 amide bonds. The average molecular weight is 611 g/mol. The van der Waals surface area contributed by atoms with Gasteiger partial charge in [0.05, 0.1) is 15.6 Å². The van der Waals surface area contributed by atoms with Gasteiger partial charge in [-0.25, -0.2) is 8.42 Å². The van der Waals surface area contributed by atoms with E-state index in [1.165, 1.54) is 35.2 Å². The Balaban J connectivity index is 2.04. The molecular formula is C28H30Cl3N3O4S. The molecule has 208 valence electrons. The van der Waals surface area contributed by atoms with E-state index in [4.69, 9.17) is 34.8 Å². The van der Waals surface area contributed by atoms with Crippen molar-refractivity contribution in [3.8, 4) is 0 Å². The molecule has 7 nitrogen and oxygen atoms in total. The fourth-order valence-electron chi connectivity index (χ4n) is 3.75. The first kappa shape index (κ1) is 30.8. The largest absolute Gasteiger partial charge is 0.352 e. The number of nitrogens with one attached hydrogen (secondary N) is 1. The molecule has 0 aromatic heterocycles. The molecule has 39 heavy (non-hydrogen) atoms. The van der Waals surface area contributed by atoms with Crippen LogP contribution in [0.1, 0.15) is 32.8 Å². The summed E-state index contributed by atoms with van der Waals surface area (Å²) in [5, 5.41) is 3.79. The van der Waals surface area contributed by atoms with Gasteiger partial charge < -0.3 is 10.2 Å². The fourth-order valence-corrected chi connectivity index (χ4v) is 5.89. The minimum Gasteiger partial charge on any atom is -0.352 e. The van der Waals surface area contributed by atoms with Gasteiger partial charge in [-0.15, -0.1) is 0 Å². The van der Waals surface area contributed by atoms with Crippen LogP contribution in [0.3, 0.4) is 0 Å². The molecule has 0 aliphatic rings. The molecule has 0 aliphatic carbocycles. The van der Waals surface area contributed by atoms with Crippen molar-refractivity contribution >= 4 is 62.3 Å². The van der Waals surface area contributed by atoms with Crippen LogP contribution in [0.5, 0.6) is 0 Å². The summed E-state index contributed by atoms with van der Waals surface area (Å²) in [7, 11) is -4.23. The summed E-state index contributed by atoms with van der Waals surface area (Å²) in [6.07, 6.45) is 0.710. The molecule has 0 radical (unpaired) electrons. The molecule has 3 aromatic carbocycles. The van der Waals surface area contributed by atoms with Crippen molar-refractivity contribution in [2.24, 2.45) is 0 Å². The third-order valence-corrected chi connectivity index (χ3v) is 8.79. The maximum absolute atomic E-state index is 13.9. The summed E-state index contributed by atoms with van der Waals surface area (Å²) in [6.45, 7) is 4.86. The lowest BCUT2D eigenvalue weighted by Gasteiger charge is -2.32. The van der Waals surface area contributed by atoms with Crippen molar-refractivity contribution in [2.45, 2.75) is 50.7 Å². The molecule has 3 aromatic rings. The number of amides is 2. The molecule has 0 fully saturated rings. The molecule has 0 saturated heterocycles. The molecule has 11 heteroatoms. The highest BCUT2D eigenvalue weighted by Crippen LogP contribution is 2.33. The molecular weight excluding hydrogens is 581 g/mol. The minimum atomic E-state index is -4.23. The van der Waals surface area contributed by atoms with Crippen LogP contribution in [-0.4, -0.2) is 43.8 Å². The van der Waals surface area contributed by atoms with Gasteiger partial charge in [0.1, 0.15) is 12.6 Å². The van der Waals surface area contributed by atoms with Crippen LogP contribution in [0.15, 0.2) is 77.7 Å². The molecule has 0 heterocycles. The Bertz CT molecular complexity index is 1400. The number of halogens is 3. The van der Waals surface area contributed by atoms with Crippen LogP contribution in [0.4, 0.5) is 5.69 Å². The van der Waals surface area contributed by atoms with E-state index in [2.05, 4.69) is 5.32 Å². The Morgan fingerprint density at radius 1 is 0.897 bits per heavy atom. The lowest BCUT2D eigenvalue weighted by molar-refractivity contribution is -0.139. The van der Waals surface area contributed by atoms with Gasteiger partial charge in [0.2, 0.25) is 11.8 Å². The highest BCUT2D eigenvalue weighted by Gasteiger charge is 2.33. The normalized spacial score (nSPS) is 12.9. The highest BCUT2D eigenvalue weighted by molar-refractivity contribution is 7.92. The van der Waals surface area contributed by atoms with Crippen molar-refractivity contribution in [2.75, 3.05) is 10.8 Å². The van der Waals surface area contributed by atoms with E-state index in [0.29, 0.717) is 16.5 Å². The monoisotopic (exact) mass is 609 g/mol. The van der Waals surface area contributed by atoms with Gasteiger partial charge in [-0.05, 0) is 68.3 Å². The molecule has 1 N–H and O–H groups in total. The van der Waals surface area contributed by atoms with Crippen LogP contribution < -0.4 is 9.62 Å². The van der Waals surface area contributed by atoms with Gasteiger partial charge >= 0.3 is 0 Å². The van der Waals surface area contributed by atoms with Crippen LogP contribution >= 0.6 is 34.8 Å². The third-order valence-electron chi connectivity index (χ3n) is 6.22. The first-order valence-electron chi connectivity index (χ1n) is 12.3. The van der Waals surface area contributed by atoms with Gasteiger partial charge in [0.25, 0.3) is 10.0 Å². The standard InChI is InChI=1S/C28H30Cl3N3O4S/c1-4-19(2)32-28(36)20(3)33(17-21-10-12-22(29)13-11-21)27(35)18-34(26-15-14-23(30)16-25(26)31)39(37,38)24-8-6-5-7-9-24/h5-16,19-20H,4,17-18H2,1-3H3,(H,32,36). The maximum Gasteiger partial charge on any atom is 0.264 e. The molecule has 0 bridgehead atoms. The Morgan fingerprint density at radius 2 is 1.51 bits per heavy atom. The van der Waals surface area contributed by atoms with E-state index < -0.39 is 28.5 Å². The molecule has 0 saturated carbocycles. The van der Waals surface area contributed by atoms with E-state index in [0.717, 1.165) is 9.87 Å². The summed E-state index contributed by atoms with van der Waals surface area (Å²) in [5.74, 6) is -0.948. The Hall–Kier alpha value is -2.78. The Morgan fingerprint density at radius 3 is 2.10 bits per heavy atom. The predicted molar refractivity (Wildman–Crippen MR) is 157 cm³/mol. The Labute approximate surface area is 244 Å². The topological polar surface area (TPSA) is 86.8 Å². The van der Waals surface area contributed by atoms with E-state index in [9.17, 15) is 18.0 Å². The molecule has 2 atom stereocenters. The van der Waals surface area contributed by atoms with Crippen LogP contribution in [-0.2, 0) is 26.2 Å². The van der Waals surface area contributed by atoms with Crippen molar-refractivity contribution in [3.05, 3.63) is 93.4 Å². The second-order valence-corrected chi connectivity index (χ2v) is 12.2. The lowest BCUT2D eigenvalue weighted by atomic mass is 10.1.